The number of hydrogen-bond acceptors (Lipinski definition) is 1. The third kappa shape index (κ3) is 2.17. The van der Waals surface area contributed by atoms with Gasteiger partial charge in [-0.15, -0.1) is 0 Å². The molecule has 0 spiro atoms. The van der Waals surface area contributed by atoms with Crippen LogP contribution in [0.25, 0.3) is 0 Å². The molecule has 0 heterocycles. The molecule has 0 fully saturated rings. The van der Waals surface area contributed by atoms with Crippen LogP contribution in [0.5, 0.6) is 5.75 Å². The van der Waals surface area contributed by atoms with Gasteiger partial charge in [0.25, 0.3) is 6.43 Å². The highest BCUT2D eigenvalue weighted by Gasteiger charge is 2.08. The molecule has 1 nitrogen and oxygen atoms in total. The van der Waals surface area contributed by atoms with Crippen molar-refractivity contribution in [2.45, 2.75) is 6.43 Å². The van der Waals surface area contributed by atoms with Gasteiger partial charge in [-0.3, -0.25) is 0 Å². The van der Waals surface area contributed by atoms with E-state index in [0.717, 1.165) is 0 Å². The zero-order valence-corrected chi connectivity index (χ0v) is 7.94. The fraction of sp³-hybridized carbons (Fsp3) is 0.250. The van der Waals surface area contributed by atoms with Crippen LogP contribution in [0.2, 0.25) is 0 Å². The number of alkyl halides is 2. The molecule has 1 rings (SSSR count). The summed E-state index contributed by atoms with van der Waals surface area (Å²) in [5.41, 5.74) is -0.0405. The Morgan fingerprint density at radius 2 is 2.00 bits per heavy atom. The Morgan fingerprint density at radius 1 is 1.33 bits per heavy atom. The number of halogens is 3. The monoisotopic (exact) mass is 236 g/mol. The second-order valence-corrected chi connectivity index (χ2v) is 3.14. The van der Waals surface area contributed by atoms with E-state index in [1.165, 1.54) is 19.2 Å². The lowest BCUT2D eigenvalue weighted by Gasteiger charge is -2.04. The molecule has 0 saturated carbocycles. The summed E-state index contributed by atoms with van der Waals surface area (Å²) in [6.07, 6.45) is -2.46. The molecule has 0 N–H and O–H groups in total. The van der Waals surface area contributed by atoms with Crippen molar-refractivity contribution in [3.05, 3.63) is 28.2 Å². The topological polar surface area (TPSA) is 9.23 Å². The Balaban J connectivity index is 3.06. The predicted octanol–water partition coefficient (Wildman–Crippen LogP) is 3.40. The minimum Gasteiger partial charge on any atom is -0.497 e. The summed E-state index contributed by atoms with van der Waals surface area (Å²) in [7, 11) is 1.44. The van der Waals surface area contributed by atoms with Crippen molar-refractivity contribution in [3.8, 4) is 5.75 Å². The van der Waals surface area contributed by atoms with Gasteiger partial charge < -0.3 is 4.74 Å². The SMILES string of the molecule is COc1cc(Br)cc(C(F)F)c1. The van der Waals surface area contributed by atoms with Gasteiger partial charge in [-0.1, -0.05) is 15.9 Å². The van der Waals surface area contributed by atoms with Crippen molar-refractivity contribution in [2.24, 2.45) is 0 Å². The van der Waals surface area contributed by atoms with Crippen LogP contribution in [-0.2, 0) is 0 Å². The van der Waals surface area contributed by atoms with Crippen molar-refractivity contribution < 1.29 is 13.5 Å². The maximum Gasteiger partial charge on any atom is 0.264 e. The molecule has 0 saturated heterocycles. The maximum atomic E-state index is 12.2. The molecular formula is C8H7BrF2O. The first kappa shape index (κ1) is 9.45. The summed E-state index contributed by atoms with van der Waals surface area (Å²) >= 11 is 3.11. The number of rotatable bonds is 2. The van der Waals surface area contributed by atoms with Gasteiger partial charge in [-0.05, 0) is 18.2 Å². The van der Waals surface area contributed by atoms with Crippen molar-refractivity contribution in [1.82, 2.24) is 0 Å². The van der Waals surface area contributed by atoms with Crippen molar-refractivity contribution in [1.29, 1.82) is 0 Å². The third-order valence-corrected chi connectivity index (χ3v) is 1.84. The van der Waals surface area contributed by atoms with Crippen molar-refractivity contribution >= 4 is 15.9 Å². The molecule has 0 amide bonds. The Morgan fingerprint density at radius 3 is 2.50 bits per heavy atom. The lowest BCUT2D eigenvalue weighted by Crippen LogP contribution is -1.88. The lowest BCUT2D eigenvalue weighted by molar-refractivity contribution is 0.151. The van der Waals surface area contributed by atoms with Gasteiger partial charge in [0, 0.05) is 10.0 Å². The summed E-state index contributed by atoms with van der Waals surface area (Å²) in [6.45, 7) is 0. The molecule has 12 heavy (non-hydrogen) atoms. The van der Waals surface area contributed by atoms with Gasteiger partial charge in [0.2, 0.25) is 0 Å². The minimum absolute atomic E-state index is 0.0405. The van der Waals surface area contributed by atoms with E-state index in [4.69, 9.17) is 4.74 Å². The van der Waals surface area contributed by atoms with Crippen LogP contribution in [0.3, 0.4) is 0 Å². The second-order valence-electron chi connectivity index (χ2n) is 2.23. The fourth-order valence-corrected chi connectivity index (χ4v) is 1.32. The van der Waals surface area contributed by atoms with Gasteiger partial charge in [0.05, 0.1) is 7.11 Å². The Hall–Kier alpha value is -0.640. The van der Waals surface area contributed by atoms with E-state index in [0.29, 0.717) is 10.2 Å². The highest BCUT2D eigenvalue weighted by molar-refractivity contribution is 9.10. The van der Waals surface area contributed by atoms with E-state index in [2.05, 4.69) is 15.9 Å². The minimum atomic E-state index is -2.46. The molecule has 0 aliphatic carbocycles. The zero-order valence-electron chi connectivity index (χ0n) is 6.35. The molecule has 0 aliphatic heterocycles. The molecule has 0 aromatic heterocycles. The molecule has 0 aliphatic rings. The fourth-order valence-electron chi connectivity index (χ4n) is 0.828. The standard InChI is InChI=1S/C8H7BrF2O/c1-12-7-3-5(8(10)11)2-6(9)4-7/h2-4,8H,1H3. The summed E-state index contributed by atoms with van der Waals surface area (Å²) in [6, 6.07) is 4.31. The van der Waals surface area contributed by atoms with E-state index in [-0.39, 0.29) is 5.56 Å². The molecule has 0 atom stereocenters. The van der Waals surface area contributed by atoms with Crippen LogP contribution in [0.15, 0.2) is 22.7 Å². The van der Waals surface area contributed by atoms with Gasteiger partial charge in [0.1, 0.15) is 5.75 Å². The highest BCUT2D eigenvalue weighted by atomic mass is 79.9. The van der Waals surface area contributed by atoms with Crippen LogP contribution in [-0.4, -0.2) is 7.11 Å². The first-order valence-electron chi connectivity index (χ1n) is 3.26. The van der Waals surface area contributed by atoms with E-state index >= 15 is 0 Å². The van der Waals surface area contributed by atoms with Crippen LogP contribution in [0.4, 0.5) is 8.78 Å². The van der Waals surface area contributed by atoms with E-state index in [9.17, 15) is 8.78 Å². The summed E-state index contributed by atoms with van der Waals surface area (Å²) in [5.74, 6) is 0.430. The van der Waals surface area contributed by atoms with Crippen LogP contribution >= 0.6 is 15.9 Å². The average molecular weight is 237 g/mol. The van der Waals surface area contributed by atoms with Crippen molar-refractivity contribution in [2.75, 3.05) is 7.11 Å². The normalized spacial score (nSPS) is 10.4. The Labute approximate surface area is 77.5 Å². The number of benzene rings is 1. The third-order valence-electron chi connectivity index (χ3n) is 1.38. The average Bonchev–Trinajstić information content (AvgIpc) is 2.03. The van der Waals surface area contributed by atoms with Crippen LogP contribution < -0.4 is 4.74 Å². The van der Waals surface area contributed by atoms with Gasteiger partial charge in [0.15, 0.2) is 0 Å². The molecule has 0 bridgehead atoms. The quantitative estimate of drug-likeness (QED) is 0.765. The van der Waals surface area contributed by atoms with Gasteiger partial charge in [-0.25, -0.2) is 8.78 Å². The van der Waals surface area contributed by atoms with E-state index < -0.39 is 6.43 Å². The molecule has 0 unspecified atom stereocenters. The van der Waals surface area contributed by atoms with Crippen LogP contribution in [0, 0.1) is 0 Å². The van der Waals surface area contributed by atoms with E-state index in [1.54, 1.807) is 6.07 Å². The second kappa shape index (κ2) is 3.85. The smallest absolute Gasteiger partial charge is 0.264 e. The maximum absolute atomic E-state index is 12.2. The highest BCUT2D eigenvalue weighted by Crippen LogP contribution is 2.27. The lowest BCUT2D eigenvalue weighted by atomic mass is 10.2. The first-order valence-corrected chi connectivity index (χ1v) is 4.05. The number of hydrogen-bond donors (Lipinski definition) is 0. The van der Waals surface area contributed by atoms with Crippen LogP contribution in [0.1, 0.15) is 12.0 Å². The summed E-state index contributed by atoms with van der Waals surface area (Å²) < 4.78 is 29.8. The Bertz CT molecular complexity index is 276. The molecule has 1 aromatic rings. The molecule has 66 valence electrons. The van der Waals surface area contributed by atoms with Crippen molar-refractivity contribution in [3.63, 3.8) is 0 Å². The molecule has 4 heteroatoms. The van der Waals surface area contributed by atoms with Gasteiger partial charge >= 0.3 is 0 Å². The van der Waals surface area contributed by atoms with E-state index in [1.807, 2.05) is 0 Å². The number of ether oxygens (including phenoxy) is 1. The molecular weight excluding hydrogens is 230 g/mol. The molecule has 1 aromatic carbocycles. The zero-order chi connectivity index (χ0) is 9.14. The predicted molar refractivity (Wildman–Crippen MR) is 45.7 cm³/mol. The first-order chi connectivity index (χ1) is 5.63. The summed E-state index contributed by atoms with van der Waals surface area (Å²) in [4.78, 5) is 0. The Kier molecular flexibility index (Phi) is 3.03. The van der Waals surface area contributed by atoms with Gasteiger partial charge in [-0.2, -0.15) is 0 Å². The largest absolute Gasteiger partial charge is 0.497 e. The number of methoxy groups -OCH3 is 1. The molecule has 0 radical (unpaired) electrons. The summed E-state index contributed by atoms with van der Waals surface area (Å²) in [5, 5.41) is 0.